The van der Waals surface area contributed by atoms with Gasteiger partial charge in [-0.05, 0) is 48.4 Å². The number of hydrogen-bond acceptors (Lipinski definition) is 5. The molecule has 2 aromatic carbocycles. The molecule has 2 aliphatic rings. The van der Waals surface area contributed by atoms with Gasteiger partial charge in [-0.1, -0.05) is 24.3 Å². The van der Waals surface area contributed by atoms with Gasteiger partial charge in [-0.25, -0.2) is 4.79 Å². The van der Waals surface area contributed by atoms with E-state index in [9.17, 15) is 4.79 Å². The first-order chi connectivity index (χ1) is 12.3. The maximum atomic E-state index is 12.1. The smallest absolute Gasteiger partial charge is 0.374 e. The van der Waals surface area contributed by atoms with E-state index in [-0.39, 0.29) is 12.6 Å². The van der Waals surface area contributed by atoms with Gasteiger partial charge in [0.2, 0.25) is 12.6 Å². The Bertz CT molecular complexity index is 895. The topological polar surface area (TPSA) is 54.0 Å². The van der Waals surface area contributed by atoms with E-state index in [0.29, 0.717) is 18.1 Å². The maximum absolute atomic E-state index is 12.1. The summed E-state index contributed by atoms with van der Waals surface area (Å²) in [6, 6.07) is 13.3. The van der Waals surface area contributed by atoms with E-state index in [0.717, 1.165) is 22.4 Å². The van der Waals surface area contributed by atoms with Crippen LogP contribution in [0.25, 0.3) is 5.57 Å². The van der Waals surface area contributed by atoms with Gasteiger partial charge >= 0.3 is 5.97 Å². The number of ether oxygens (including phenoxy) is 4. The molecule has 0 spiro atoms. The van der Waals surface area contributed by atoms with Crippen LogP contribution in [0, 0.1) is 0 Å². The maximum Gasteiger partial charge on any atom is 0.374 e. The number of benzene rings is 2. The molecule has 25 heavy (non-hydrogen) atoms. The van der Waals surface area contributed by atoms with Gasteiger partial charge in [0.25, 0.3) is 0 Å². The predicted octanol–water partition coefficient (Wildman–Crippen LogP) is 3.69. The third kappa shape index (κ3) is 2.85. The minimum atomic E-state index is -0.486. The predicted molar refractivity (Wildman–Crippen MR) is 91.4 cm³/mol. The van der Waals surface area contributed by atoms with Gasteiger partial charge < -0.3 is 18.9 Å². The highest BCUT2D eigenvalue weighted by Gasteiger charge is 2.21. The Morgan fingerprint density at radius 3 is 2.76 bits per heavy atom. The van der Waals surface area contributed by atoms with Crippen molar-refractivity contribution in [3.63, 3.8) is 0 Å². The first-order valence-electron chi connectivity index (χ1n) is 8.02. The molecule has 4 rings (SSSR count). The molecule has 0 bridgehead atoms. The molecule has 2 aromatic rings. The zero-order valence-electron chi connectivity index (χ0n) is 13.7. The molecule has 0 fully saturated rings. The van der Waals surface area contributed by atoms with Gasteiger partial charge in [0.05, 0.1) is 6.61 Å². The van der Waals surface area contributed by atoms with Crippen LogP contribution in [0.5, 0.6) is 17.2 Å². The fourth-order valence-corrected chi connectivity index (χ4v) is 2.81. The number of fused-ring (bicyclic) bond motifs is 2. The summed E-state index contributed by atoms with van der Waals surface area (Å²) in [5.74, 6) is 1.70. The van der Waals surface area contributed by atoms with Crippen molar-refractivity contribution >= 4 is 11.5 Å². The van der Waals surface area contributed by atoms with Crippen molar-refractivity contribution in [2.24, 2.45) is 0 Å². The van der Waals surface area contributed by atoms with Gasteiger partial charge in [-0.15, -0.1) is 0 Å². The van der Waals surface area contributed by atoms with E-state index in [1.165, 1.54) is 0 Å². The van der Waals surface area contributed by atoms with Crippen molar-refractivity contribution in [1.82, 2.24) is 0 Å². The zero-order valence-corrected chi connectivity index (χ0v) is 13.7. The second kappa shape index (κ2) is 6.36. The van der Waals surface area contributed by atoms with Gasteiger partial charge in [-0.3, -0.25) is 0 Å². The van der Waals surface area contributed by atoms with Crippen LogP contribution in [-0.2, 0) is 9.53 Å². The molecule has 0 saturated heterocycles. The molecule has 0 N–H and O–H groups in total. The number of rotatable bonds is 3. The van der Waals surface area contributed by atoms with Crippen molar-refractivity contribution < 1.29 is 23.7 Å². The molecule has 2 heterocycles. The number of hydrogen-bond donors (Lipinski definition) is 0. The normalized spacial score (nSPS) is 14.6. The summed E-state index contributed by atoms with van der Waals surface area (Å²) in [5.41, 5.74) is 2.76. The average Bonchev–Trinajstić information content (AvgIpc) is 3.01. The molecule has 0 aromatic heterocycles. The molecule has 0 saturated carbocycles. The lowest BCUT2D eigenvalue weighted by molar-refractivity contribution is -0.141. The van der Waals surface area contributed by atoms with E-state index in [1.54, 1.807) is 13.0 Å². The Morgan fingerprint density at radius 1 is 1.04 bits per heavy atom. The van der Waals surface area contributed by atoms with Crippen LogP contribution in [0.3, 0.4) is 0 Å². The first-order valence-corrected chi connectivity index (χ1v) is 8.02. The van der Waals surface area contributed by atoms with Crippen LogP contribution < -0.4 is 14.2 Å². The van der Waals surface area contributed by atoms with E-state index in [1.807, 2.05) is 48.5 Å². The Morgan fingerprint density at radius 2 is 1.88 bits per heavy atom. The Balaban J connectivity index is 1.80. The van der Waals surface area contributed by atoms with Crippen LogP contribution in [0.2, 0.25) is 0 Å². The number of esters is 1. The standard InChI is InChI=1S/C20H16O5/c1-2-22-20(21)18-10-8-14(15-5-3-4-6-16(15)25-18)13-7-9-17-19(11-13)24-12-23-17/h3-11H,2,12H2,1H3. The number of carbonyl (C=O) groups is 1. The molecule has 126 valence electrons. The lowest BCUT2D eigenvalue weighted by Gasteiger charge is -2.12. The third-order valence-corrected chi connectivity index (χ3v) is 3.96. The lowest BCUT2D eigenvalue weighted by atomic mass is 9.96. The van der Waals surface area contributed by atoms with E-state index >= 15 is 0 Å². The minimum absolute atomic E-state index is 0.157. The highest BCUT2D eigenvalue weighted by atomic mass is 16.7. The second-order valence-corrected chi connectivity index (χ2v) is 5.50. The van der Waals surface area contributed by atoms with E-state index in [4.69, 9.17) is 18.9 Å². The van der Waals surface area contributed by atoms with Gasteiger partial charge in [-0.2, -0.15) is 0 Å². The SMILES string of the molecule is CCOC(=O)C1=CC=C(c2ccc3c(c2)OCO3)c2ccccc2O1. The summed E-state index contributed by atoms with van der Waals surface area (Å²) < 4.78 is 21.7. The highest BCUT2D eigenvalue weighted by Crippen LogP contribution is 2.39. The average molecular weight is 336 g/mol. The van der Waals surface area contributed by atoms with Crippen molar-refractivity contribution in [2.45, 2.75) is 6.92 Å². The first kappa shape index (κ1) is 15.3. The molecule has 5 nitrogen and oxygen atoms in total. The monoisotopic (exact) mass is 336 g/mol. The van der Waals surface area contributed by atoms with Crippen LogP contribution in [0.1, 0.15) is 18.1 Å². The van der Waals surface area contributed by atoms with Crippen LogP contribution in [-0.4, -0.2) is 19.4 Å². The molecule has 0 amide bonds. The summed E-state index contributed by atoms with van der Waals surface area (Å²) in [6.45, 7) is 2.28. The summed E-state index contributed by atoms with van der Waals surface area (Å²) in [6.07, 6.45) is 3.49. The van der Waals surface area contributed by atoms with E-state index < -0.39 is 5.97 Å². The molecular formula is C20H16O5. The largest absolute Gasteiger partial charge is 0.460 e. The number of para-hydroxylation sites is 1. The highest BCUT2D eigenvalue weighted by molar-refractivity contribution is 5.91. The summed E-state index contributed by atoms with van der Waals surface area (Å²) >= 11 is 0. The fourth-order valence-electron chi connectivity index (χ4n) is 2.81. The number of allylic oxidation sites excluding steroid dienone is 2. The fraction of sp³-hybridized carbons (Fsp3) is 0.150. The molecule has 0 unspecified atom stereocenters. The van der Waals surface area contributed by atoms with Crippen LogP contribution >= 0.6 is 0 Å². The number of carbonyl (C=O) groups excluding carboxylic acids is 1. The summed E-state index contributed by atoms with van der Waals surface area (Å²) in [4.78, 5) is 12.1. The summed E-state index contributed by atoms with van der Waals surface area (Å²) in [5, 5.41) is 0. The van der Waals surface area contributed by atoms with Crippen LogP contribution in [0.15, 0.2) is 60.4 Å². The molecule has 5 heteroatoms. The third-order valence-electron chi connectivity index (χ3n) is 3.96. The van der Waals surface area contributed by atoms with E-state index in [2.05, 4.69) is 0 Å². The van der Waals surface area contributed by atoms with Crippen LogP contribution in [0.4, 0.5) is 0 Å². The van der Waals surface area contributed by atoms with Gasteiger partial charge in [0, 0.05) is 5.56 Å². The summed E-state index contributed by atoms with van der Waals surface area (Å²) in [7, 11) is 0. The zero-order chi connectivity index (χ0) is 17.2. The van der Waals surface area contributed by atoms with Crippen molar-refractivity contribution in [2.75, 3.05) is 13.4 Å². The Labute approximate surface area is 145 Å². The second-order valence-electron chi connectivity index (χ2n) is 5.50. The van der Waals surface area contributed by atoms with Gasteiger partial charge in [0.1, 0.15) is 5.75 Å². The van der Waals surface area contributed by atoms with Gasteiger partial charge in [0.15, 0.2) is 11.5 Å². The molecule has 0 atom stereocenters. The Hall–Kier alpha value is -3.21. The molecule has 2 aliphatic heterocycles. The quantitative estimate of drug-likeness (QED) is 0.800. The van der Waals surface area contributed by atoms with Crippen molar-refractivity contribution in [1.29, 1.82) is 0 Å². The molecule has 0 aliphatic carbocycles. The minimum Gasteiger partial charge on any atom is -0.460 e. The Kier molecular flexibility index (Phi) is 3.90. The lowest BCUT2D eigenvalue weighted by Crippen LogP contribution is -2.12. The van der Waals surface area contributed by atoms with Crippen molar-refractivity contribution in [3.05, 3.63) is 71.5 Å². The molecular weight excluding hydrogens is 320 g/mol. The van der Waals surface area contributed by atoms with Crippen molar-refractivity contribution in [3.8, 4) is 17.2 Å². The molecule has 0 radical (unpaired) electrons.